The van der Waals surface area contributed by atoms with Crippen LogP contribution < -0.4 is 34.7 Å². The van der Waals surface area contributed by atoms with Crippen LogP contribution in [-0.4, -0.2) is 5.97 Å². The SMILES string of the molecule is O=C([O-])CCCC/C=C\CCCCCCC1C=CCC1.[Na+]. The molecule has 0 N–H and O–H groups in total. The number of hydrogen-bond acceptors (Lipinski definition) is 2. The van der Waals surface area contributed by atoms with Gasteiger partial charge in [0.15, 0.2) is 0 Å². The molecule has 1 unspecified atom stereocenters. The molecule has 0 aliphatic heterocycles. The molecular weight excluding hydrogens is 271 g/mol. The number of allylic oxidation sites excluding steroid dienone is 4. The van der Waals surface area contributed by atoms with Crippen LogP contribution in [0.3, 0.4) is 0 Å². The Morgan fingerprint density at radius 1 is 1.05 bits per heavy atom. The maximum atomic E-state index is 10.2. The van der Waals surface area contributed by atoms with Gasteiger partial charge in [0, 0.05) is 5.97 Å². The number of carbonyl (C=O) groups excluding carboxylic acids is 1. The second-order valence-electron chi connectivity index (χ2n) is 5.85. The van der Waals surface area contributed by atoms with Gasteiger partial charge in [0.05, 0.1) is 0 Å². The zero-order valence-corrected chi connectivity index (χ0v) is 15.7. The van der Waals surface area contributed by atoms with Crippen LogP contribution in [0.5, 0.6) is 0 Å². The van der Waals surface area contributed by atoms with E-state index in [4.69, 9.17) is 0 Å². The van der Waals surface area contributed by atoms with E-state index < -0.39 is 5.97 Å². The first-order valence-electron chi connectivity index (χ1n) is 8.30. The normalized spacial score (nSPS) is 17.2. The molecule has 0 amide bonds. The Morgan fingerprint density at radius 2 is 1.71 bits per heavy atom. The largest absolute Gasteiger partial charge is 1.00 e. The van der Waals surface area contributed by atoms with Gasteiger partial charge in [0.25, 0.3) is 0 Å². The van der Waals surface area contributed by atoms with E-state index in [1.807, 2.05) is 0 Å². The molecule has 0 bridgehead atoms. The summed E-state index contributed by atoms with van der Waals surface area (Å²) in [6.45, 7) is 0. The van der Waals surface area contributed by atoms with Crippen molar-refractivity contribution in [2.24, 2.45) is 5.92 Å². The number of carboxylic acid groups (broad SMARTS) is 1. The summed E-state index contributed by atoms with van der Waals surface area (Å²) in [7, 11) is 0. The second-order valence-corrected chi connectivity index (χ2v) is 5.85. The summed E-state index contributed by atoms with van der Waals surface area (Å²) in [6.07, 6.45) is 22.6. The van der Waals surface area contributed by atoms with Crippen LogP contribution in [0, 0.1) is 5.92 Å². The Morgan fingerprint density at radius 3 is 2.33 bits per heavy atom. The molecule has 0 saturated heterocycles. The zero-order chi connectivity index (χ0) is 14.5. The van der Waals surface area contributed by atoms with Crippen LogP contribution in [0.25, 0.3) is 0 Å². The van der Waals surface area contributed by atoms with Gasteiger partial charge in [-0.1, -0.05) is 43.6 Å². The Balaban J connectivity index is 0.00000400. The molecular formula is C18H29NaO2. The van der Waals surface area contributed by atoms with Gasteiger partial charge in [0.2, 0.25) is 0 Å². The molecule has 0 saturated carbocycles. The summed E-state index contributed by atoms with van der Waals surface area (Å²) in [5.41, 5.74) is 0. The van der Waals surface area contributed by atoms with Crippen molar-refractivity contribution < 1.29 is 39.5 Å². The summed E-state index contributed by atoms with van der Waals surface area (Å²) >= 11 is 0. The van der Waals surface area contributed by atoms with Crippen LogP contribution in [-0.2, 0) is 4.79 Å². The van der Waals surface area contributed by atoms with E-state index in [2.05, 4.69) is 24.3 Å². The number of rotatable bonds is 12. The standard InChI is InChI=1S/C18H30O2.Na/c19-18(20)16-10-8-6-4-2-1-3-5-7-9-13-17-14-11-12-15-17;/h2,4,11,14,17H,1,3,5-10,12-13,15-16H2,(H,19,20);/q;+1/p-1/b4-2-;. The monoisotopic (exact) mass is 300 g/mol. The van der Waals surface area contributed by atoms with E-state index in [9.17, 15) is 9.90 Å². The predicted octanol–water partition coefficient (Wildman–Crippen LogP) is 1.16. The minimum atomic E-state index is -0.929. The predicted molar refractivity (Wildman–Crippen MR) is 82.2 cm³/mol. The van der Waals surface area contributed by atoms with E-state index in [-0.39, 0.29) is 36.0 Å². The first-order chi connectivity index (χ1) is 9.79. The van der Waals surface area contributed by atoms with Gasteiger partial charge in [0.1, 0.15) is 0 Å². The average Bonchev–Trinajstić information content (AvgIpc) is 2.93. The van der Waals surface area contributed by atoms with Gasteiger partial charge in [-0.05, 0) is 63.7 Å². The Hall–Kier alpha value is -0.0500. The van der Waals surface area contributed by atoms with Crippen molar-refractivity contribution >= 4 is 5.97 Å². The molecule has 0 radical (unpaired) electrons. The van der Waals surface area contributed by atoms with Crippen molar-refractivity contribution in [1.82, 2.24) is 0 Å². The minimum absolute atomic E-state index is 0. The van der Waals surface area contributed by atoms with E-state index >= 15 is 0 Å². The third-order valence-corrected chi connectivity index (χ3v) is 3.98. The molecule has 21 heavy (non-hydrogen) atoms. The molecule has 0 fully saturated rings. The van der Waals surface area contributed by atoms with Crippen molar-refractivity contribution in [3.05, 3.63) is 24.3 Å². The van der Waals surface area contributed by atoms with E-state index in [1.54, 1.807) is 0 Å². The number of unbranched alkanes of at least 4 members (excludes halogenated alkanes) is 6. The van der Waals surface area contributed by atoms with Crippen LogP contribution in [0.15, 0.2) is 24.3 Å². The molecule has 0 spiro atoms. The molecule has 0 aromatic carbocycles. The number of aliphatic carboxylic acids is 1. The first-order valence-corrected chi connectivity index (χ1v) is 8.30. The molecule has 1 rings (SSSR count). The summed E-state index contributed by atoms with van der Waals surface area (Å²) in [4.78, 5) is 10.2. The van der Waals surface area contributed by atoms with Gasteiger partial charge in [-0.25, -0.2) is 0 Å². The van der Waals surface area contributed by atoms with Crippen molar-refractivity contribution in [1.29, 1.82) is 0 Å². The van der Waals surface area contributed by atoms with Crippen molar-refractivity contribution in [3.8, 4) is 0 Å². The van der Waals surface area contributed by atoms with Gasteiger partial charge in [-0.2, -0.15) is 0 Å². The van der Waals surface area contributed by atoms with Crippen LogP contribution in [0.4, 0.5) is 0 Å². The van der Waals surface area contributed by atoms with Gasteiger partial charge in [-0.3, -0.25) is 0 Å². The molecule has 1 aliphatic rings. The zero-order valence-electron chi connectivity index (χ0n) is 13.7. The molecule has 1 aliphatic carbocycles. The molecule has 0 aromatic rings. The Bertz CT molecular complexity index is 310. The van der Waals surface area contributed by atoms with Crippen molar-refractivity contribution in [2.45, 2.75) is 77.0 Å². The summed E-state index contributed by atoms with van der Waals surface area (Å²) in [6, 6.07) is 0. The molecule has 2 nitrogen and oxygen atoms in total. The Kier molecular flexibility index (Phi) is 14.8. The molecule has 3 heteroatoms. The Labute approximate surface area is 152 Å². The van der Waals surface area contributed by atoms with Gasteiger partial charge < -0.3 is 9.90 Å². The number of hydrogen-bond donors (Lipinski definition) is 0. The quantitative estimate of drug-likeness (QED) is 0.308. The number of carbonyl (C=O) groups is 1. The second kappa shape index (κ2) is 14.9. The summed E-state index contributed by atoms with van der Waals surface area (Å²) in [5.74, 6) is -0.0574. The summed E-state index contributed by atoms with van der Waals surface area (Å²) in [5, 5.41) is 10.2. The third-order valence-electron chi connectivity index (χ3n) is 3.98. The fourth-order valence-corrected chi connectivity index (χ4v) is 2.73. The van der Waals surface area contributed by atoms with Crippen molar-refractivity contribution in [2.75, 3.05) is 0 Å². The van der Waals surface area contributed by atoms with E-state index in [1.165, 1.54) is 51.4 Å². The van der Waals surface area contributed by atoms with Gasteiger partial charge >= 0.3 is 29.6 Å². The first kappa shape index (κ1) is 20.9. The van der Waals surface area contributed by atoms with Crippen LogP contribution >= 0.6 is 0 Å². The number of carboxylic acids is 1. The average molecular weight is 300 g/mol. The smallest absolute Gasteiger partial charge is 0.550 e. The molecule has 0 aromatic heterocycles. The fourth-order valence-electron chi connectivity index (χ4n) is 2.73. The van der Waals surface area contributed by atoms with Crippen LogP contribution in [0.2, 0.25) is 0 Å². The van der Waals surface area contributed by atoms with E-state index in [0.717, 1.165) is 25.2 Å². The maximum Gasteiger partial charge on any atom is 1.00 e. The van der Waals surface area contributed by atoms with Gasteiger partial charge in [-0.15, -0.1) is 0 Å². The molecule has 0 heterocycles. The topological polar surface area (TPSA) is 40.1 Å². The maximum absolute atomic E-state index is 10.2. The van der Waals surface area contributed by atoms with E-state index in [0.29, 0.717) is 0 Å². The fraction of sp³-hybridized carbons (Fsp3) is 0.722. The summed E-state index contributed by atoms with van der Waals surface area (Å²) < 4.78 is 0. The molecule has 114 valence electrons. The minimum Gasteiger partial charge on any atom is -0.550 e. The third kappa shape index (κ3) is 13.3. The molecule has 1 atom stereocenters. The van der Waals surface area contributed by atoms with Crippen molar-refractivity contribution in [3.63, 3.8) is 0 Å². The van der Waals surface area contributed by atoms with Crippen LogP contribution in [0.1, 0.15) is 77.0 Å².